The summed E-state index contributed by atoms with van der Waals surface area (Å²) < 4.78 is 13.1. The first-order valence-electron chi connectivity index (χ1n) is 7.15. The Morgan fingerprint density at radius 1 is 1.04 bits per heavy atom. The minimum Gasteiger partial charge on any atom is -0.339 e. The van der Waals surface area contributed by atoms with Gasteiger partial charge in [-0.3, -0.25) is 0 Å². The number of thioether (sulfide) groups is 1. The van der Waals surface area contributed by atoms with Crippen LogP contribution in [0.25, 0.3) is 11.3 Å². The number of hydrogen-bond acceptors (Lipinski definition) is 5. The van der Waals surface area contributed by atoms with Gasteiger partial charge in [0.25, 0.3) is 0 Å². The normalized spacial score (nSPS) is 10.2. The van der Waals surface area contributed by atoms with Crippen molar-refractivity contribution in [1.29, 1.82) is 5.26 Å². The lowest BCUT2D eigenvalue weighted by molar-refractivity contribution is 0.628. The number of benzene rings is 2. The zero-order valence-electron chi connectivity index (χ0n) is 12.8. The lowest BCUT2D eigenvalue weighted by atomic mass is 10.1. The van der Waals surface area contributed by atoms with Gasteiger partial charge < -0.3 is 5.32 Å². The number of halogens is 1. The fourth-order valence-electron chi connectivity index (χ4n) is 2.20. The zero-order valence-corrected chi connectivity index (χ0v) is 13.6. The van der Waals surface area contributed by atoms with Crippen molar-refractivity contribution in [2.45, 2.75) is 5.16 Å². The molecule has 0 spiro atoms. The third-order valence-corrected chi connectivity index (χ3v) is 3.88. The van der Waals surface area contributed by atoms with E-state index in [-0.39, 0.29) is 5.82 Å². The van der Waals surface area contributed by atoms with Gasteiger partial charge in [0.1, 0.15) is 17.4 Å². The number of nitrogens with zero attached hydrogens (tertiary/aromatic N) is 3. The highest BCUT2D eigenvalue weighted by Crippen LogP contribution is 2.29. The standard InChI is InChI=1S/C18H13FN4S/c1-24-18-22-16(12-5-3-2-4-6-12)15(11-20)17(23-18)21-14-9-7-13(19)8-10-14/h2-10H,1H3,(H,21,22,23). The summed E-state index contributed by atoms with van der Waals surface area (Å²) in [5, 5.41) is 13.2. The Bertz CT molecular complexity index is 889. The number of aromatic nitrogens is 2. The maximum absolute atomic E-state index is 13.1. The molecule has 0 saturated heterocycles. The van der Waals surface area contributed by atoms with E-state index in [2.05, 4.69) is 21.4 Å². The van der Waals surface area contributed by atoms with Crippen molar-refractivity contribution in [3.63, 3.8) is 0 Å². The molecule has 1 heterocycles. The lowest BCUT2D eigenvalue weighted by Gasteiger charge is -2.12. The number of nitrogens with one attached hydrogen (secondary N) is 1. The molecule has 1 aromatic heterocycles. The van der Waals surface area contributed by atoms with Gasteiger partial charge in [0.15, 0.2) is 11.0 Å². The molecule has 0 atom stereocenters. The average Bonchev–Trinajstić information content (AvgIpc) is 2.63. The third kappa shape index (κ3) is 3.36. The second-order valence-electron chi connectivity index (χ2n) is 4.89. The van der Waals surface area contributed by atoms with Crippen molar-refractivity contribution < 1.29 is 4.39 Å². The van der Waals surface area contributed by atoms with E-state index in [9.17, 15) is 9.65 Å². The number of anilines is 2. The molecule has 0 aliphatic carbocycles. The first kappa shape index (κ1) is 16.0. The van der Waals surface area contributed by atoms with Crippen LogP contribution in [0.4, 0.5) is 15.9 Å². The topological polar surface area (TPSA) is 61.6 Å². The van der Waals surface area contributed by atoms with E-state index in [1.54, 1.807) is 12.1 Å². The molecule has 3 rings (SSSR count). The number of nitriles is 1. The molecular weight excluding hydrogens is 323 g/mol. The van der Waals surface area contributed by atoms with Crippen LogP contribution in [0, 0.1) is 17.1 Å². The van der Waals surface area contributed by atoms with Gasteiger partial charge in [-0.15, -0.1) is 0 Å². The molecule has 0 bridgehead atoms. The predicted molar refractivity (Wildman–Crippen MR) is 93.6 cm³/mol. The van der Waals surface area contributed by atoms with Crippen LogP contribution in [0.1, 0.15) is 5.56 Å². The summed E-state index contributed by atoms with van der Waals surface area (Å²) in [6.45, 7) is 0. The molecule has 3 aromatic rings. The molecule has 4 nitrogen and oxygen atoms in total. The fourth-order valence-corrected chi connectivity index (χ4v) is 2.57. The van der Waals surface area contributed by atoms with Crippen LogP contribution in [-0.2, 0) is 0 Å². The fraction of sp³-hybridized carbons (Fsp3) is 0.0556. The Hall–Kier alpha value is -2.91. The van der Waals surface area contributed by atoms with Gasteiger partial charge in [0.2, 0.25) is 0 Å². The van der Waals surface area contributed by atoms with Crippen molar-refractivity contribution in [2.75, 3.05) is 11.6 Å². The molecule has 0 amide bonds. The molecule has 24 heavy (non-hydrogen) atoms. The summed E-state index contributed by atoms with van der Waals surface area (Å²) in [6.07, 6.45) is 1.87. The number of hydrogen-bond donors (Lipinski definition) is 1. The summed E-state index contributed by atoms with van der Waals surface area (Å²) in [6, 6.07) is 17.6. The van der Waals surface area contributed by atoms with E-state index in [0.717, 1.165) is 5.56 Å². The summed E-state index contributed by atoms with van der Waals surface area (Å²) in [7, 11) is 0. The third-order valence-electron chi connectivity index (χ3n) is 3.34. The van der Waals surface area contributed by atoms with Crippen LogP contribution in [0.2, 0.25) is 0 Å². The molecule has 118 valence electrons. The first-order chi connectivity index (χ1) is 11.7. The van der Waals surface area contributed by atoms with Crippen LogP contribution >= 0.6 is 11.8 Å². The Morgan fingerprint density at radius 2 is 1.75 bits per heavy atom. The van der Waals surface area contributed by atoms with Gasteiger partial charge in [-0.25, -0.2) is 14.4 Å². The second kappa shape index (κ2) is 7.11. The maximum Gasteiger partial charge on any atom is 0.189 e. The summed E-state index contributed by atoms with van der Waals surface area (Å²) in [4.78, 5) is 8.87. The summed E-state index contributed by atoms with van der Waals surface area (Å²) >= 11 is 1.39. The highest BCUT2D eigenvalue weighted by atomic mass is 32.2. The van der Waals surface area contributed by atoms with Crippen molar-refractivity contribution in [2.24, 2.45) is 0 Å². The Kier molecular flexibility index (Phi) is 4.73. The van der Waals surface area contributed by atoms with Crippen LogP contribution in [-0.4, -0.2) is 16.2 Å². The average molecular weight is 336 g/mol. The lowest BCUT2D eigenvalue weighted by Crippen LogP contribution is -2.03. The minimum atomic E-state index is -0.321. The smallest absolute Gasteiger partial charge is 0.189 e. The molecule has 0 fully saturated rings. The van der Waals surface area contributed by atoms with Crippen molar-refractivity contribution in [3.8, 4) is 17.3 Å². The summed E-state index contributed by atoms with van der Waals surface area (Å²) in [5.74, 6) is 0.0841. The molecular formula is C18H13FN4S. The molecule has 0 saturated carbocycles. The van der Waals surface area contributed by atoms with Crippen LogP contribution in [0.5, 0.6) is 0 Å². The quantitative estimate of drug-likeness (QED) is 0.556. The monoisotopic (exact) mass is 336 g/mol. The maximum atomic E-state index is 13.1. The highest BCUT2D eigenvalue weighted by Gasteiger charge is 2.16. The Balaban J connectivity index is 2.11. The van der Waals surface area contributed by atoms with Crippen molar-refractivity contribution in [3.05, 3.63) is 66.0 Å². The van der Waals surface area contributed by atoms with Gasteiger partial charge >= 0.3 is 0 Å². The van der Waals surface area contributed by atoms with E-state index in [0.29, 0.717) is 27.9 Å². The molecule has 0 aliphatic heterocycles. The van der Waals surface area contributed by atoms with Crippen molar-refractivity contribution in [1.82, 2.24) is 9.97 Å². The van der Waals surface area contributed by atoms with Crippen molar-refractivity contribution >= 4 is 23.3 Å². The second-order valence-corrected chi connectivity index (χ2v) is 5.67. The van der Waals surface area contributed by atoms with Crippen LogP contribution < -0.4 is 5.32 Å². The van der Waals surface area contributed by atoms with Gasteiger partial charge in [-0.2, -0.15) is 5.26 Å². The molecule has 1 N–H and O–H groups in total. The highest BCUT2D eigenvalue weighted by molar-refractivity contribution is 7.98. The van der Waals surface area contributed by atoms with Gasteiger partial charge in [-0.1, -0.05) is 42.1 Å². The van der Waals surface area contributed by atoms with E-state index >= 15 is 0 Å². The largest absolute Gasteiger partial charge is 0.339 e. The molecule has 2 aromatic carbocycles. The summed E-state index contributed by atoms with van der Waals surface area (Å²) in [5.41, 5.74) is 2.41. The zero-order chi connectivity index (χ0) is 16.9. The van der Waals surface area contributed by atoms with Crippen LogP contribution in [0.3, 0.4) is 0 Å². The number of rotatable bonds is 4. The molecule has 0 radical (unpaired) electrons. The first-order valence-corrected chi connectivity index (χ1v) is 8.38. The van der Waals surface area contributed by atoms with Gasteiger partial charge in [0.05, 0.1) is 5.69 Å². The molecule has 6 heteroatoms. The van der Waals surface area contributed by atoms with E-state index < -0.39 is 0 Å². The SMILES string of the molecule is CSc1nc(Nc2ccc(F)cc2)c(C#N)c(-c2ccccc2)n1. The molecule has 0 unspecified atom stereocenters. The van der Waals surface area contributed by atoms with Gasteiger partial charge in [0, 0.05) is 11.3 Å². The van der Waals surface area contributed by atoms with Gasteiger partial charge in [-0.05, 0) is 30.5 Å². The van der Waals surface area contributed by atoms with E-state index in [1.807, 2.05) is 36.6 Å². The van der Waals surface area contributed by atoms with E-state index in [1.165, 1.54) is 23.9 Å². The Labute approximate surface area is 143 Å². The Morgan fingerprint density at radius 3 is 2.38 bits per heavy atom. The molecule has 0 aliphatic rings. The van der Waals surface area contributed by atoms with Crippen LogP contribution in [0.15, 0.2) is 59.8 Å². The predicted octanol–water partition coefficient (Wildman–Crippen LogP) is 4.62. The minimum absolute atomic E-state index is 0.321. The van der Waals surface area contributed by atoms with E-state index in [4.69, 9.17) is 0 Å².